The second-order valence-corrected chi connectivity index (χ2v) is 14.4. The Bertz CT molecular complexity index is 3450. The van der Waals surface area contributed by atoms with Crippen LogP contribution in [0.3, 0.4) is 0 Å². The number of aromatic nitrogens is 5. The number of para-hydroxylation sites is 3. The average molecular weight is 730 g/mol. The molecular weight excluding hydrogens is 699 g/mol. The van der Waals surface area contributed by atoms with Crippen LogP contribution in [0.4, 0.5) is 0 Å². The summed E-state index contributed by atoms with van der Waals surface area (Å²) in [6.07, 6.45) is 0. The van der Waals surface area contributed by atoms with E-state index in [2.05, 4.69) is 124 Å². The Balaban J connectivity index is 1.13. The van der Waals surface area contributed by atoms with Gasteiger partial charge in [0, 0.05) is 60.4 Å². The monoisotopic (exact) mass is 729 g/mol. The van der Waals surface area contributed by atoms with Gasteiger partial charge in [-0.25, -0.2) is 15.0 Å². The first-order valence-corrected chi connectivity index (χ1v) is 19.1. The van der Waals surface area contributed by atoms with E-state index in [0.717, 1.165) is 61.0 Å². The molecule has 0 bridgehead atoms. The lowest BCUT2D eigenvalue weighted by molar-refractivity contribution is 0.669. The zero-order valence-electron chi connectivity index (χ0n) is 30.5. The van der Waals surface area contributed by atoms with E-state index in [-0.39, 0.29) is 0 Å². The molecule has 4 heterocycles. The first-order chi connectivity index (χ1) is 28.3. The van der Waals surface area contributed by atoms with Gasteiger partial charge in [-0.15, -0.1) is 0 Å². The highest BCUT2D eigenvalue weighted by atomic mass is 16.3. The van der Waals surface area contributed by atoms with E-state index in [0.29, 0.717) is 17.5 Å². The van der Waals surface area contributed by atoms with Gasteiger partial charge >= 0.3 is 0 Å². The smallest absolute Gasteiger partial charge is 0.164 e. The molecule has 0 aliphatic heterocycles. The van der Waals surface area contributed by atoms with Gasteiger partial charge in [0.05, 0.1) is 22.1 Å². The summed E-state index contributed by atoms with van der Waals surface area (Å²) in [4.78, 5) is 15.1. The van der Waals surface area contributed by atoms with Gasteiger partial charge in [-0.05, 0) is 54.6 Å². The van der Waals surface area contributed by atoms with E-state index in [4.69, 9.17) is 19.4 Å². The van der Waals surface area contributed by atoms with Gasteiger partial charge in [0.1, 0.15) is 11.2 Å². The SMILES string of the molecule is c1ccc(-c2nc(-c3ccccc3)nc(-c3cccc4oc5ccc(-n6c7ccccc7c7c6ccc6c8ccccc8n(-c8ccccc8)c67)cc5c34)n2)cc1. The molecule has 6 nitrogen and oxygen atoms in total. The molecule has 4 aromatic heterocycles. The van der Waals surface area contributed by atoms with E-state index in [1.807, 2.05) is 72.8 Å². The topological polar surface area (TPSA) is 61.7 Å². The largest absolute Gasteiger partial charge is 0.456 e. The predicted molar refractivity (Wildman–Crippen MR) is 232 cm³/mol. The standard InChI is InChI=1S/C51H31N5O/c1-4-15-32(16-5-1)49-52-50(33-17-6-2-7-18-33)54-51(53-49)39-23-14-26-45-46(39)40-31-35(27-30-44(40)57-45)55-42-25-13-11-22-38(42)47-43(55)29-28-37-36-21-10-12-24-41(36)56(48(37)47)34-19-8-3-9-20-34/h1-31H. The van der Waals surface area contributed by atoms with Gasteiger partial charge in [-0.3, -0.25) is 0 Å². The van der Waals surface area contributed by atoms with Crippen LogP contribution in [0.25, 0.3) is 111 Å². The van der Waals surface area contributed by atoms with Crippen molar-refractivity contribution >= 4 is 65.6 Å². The van der Waals surface area contributed by atoms with Crippen LogP contribution in [-0.2, 0) is 0 Å². The zero-order chi connectivity index (χ0) is 37.5. The van der Waals surface area contributed by atoms with Crippen molar-refractivity contribution in [1.29, 1.82) is 0 Å². The molecular formula is C51H31N5O. The van der Waals surface area contributed by atoms with Crippen LogP contribution in [0, 0.1) is 0 Å². The highest BCUT2D eigenvalue weighted by Gasteiger charge is 2.22. The molecule has 0 N–H and O–H groups in total. The van der Waals surface area contributed by atoms with Crippen molar-refractivity contribution in [3.8, 4) is 45.5 Å². The van der Waals surface area contributed by atoms with Gasteiger partial charge < -0.3 is 13.6 Å². The second-order valence-electron chi connectivity index (χ2n) is 14.4. The van der Waals surface area contributed by atoms with Crippen LogP contribution in [0.1, 0.15) is 0 Å². The Kier molecular flexibility index (Phi) is 6.83. The summed E-state index contributed by atoms with van der Waals surface area (Å²) >= 11 is 0. The molecule has 57 heavy (non-hydrogen) atoms. The van der Waals surface area contributed by atoms with Crippen molar-refractivity contribution in [2.24, 2.45) is 0 Å². The third-order valence-electron chi connectivity index (χ3n) is 11.2. The number of fused-ring (bicyclic) bond motifs is 10. The lowest BCUT2D eigenvalue weighted by atomic mass is 10.0. The molecule has 0 aliphatic carbocycles. The van der Waals surface area contributed by atoms with Crippen molar-refractivity contribution in [2.45, 2.75) is 0 Å². The van der Waals surface area contributed by atoms with Crippen LogP contribution >= 0.6 is 0 Å². The Labute approximate surface area is 326 Å². The quantitative estimate of drug-likeness (QED) is 0.177. The fraction of sp³-hybridized carbons (Fsp3) is 0. The third-order valence-corrected chi connectivity index (χ3v) is 11.2. The fourth-order valence-corrected chi connectivity index (χ4v) is 8.70. The Hall–Kier alpha value is -7.83. The lowest BCUT2D eigenvalue weighted by Crippen LogP contribution is -2.00. The fourth-order valence-electron chi connectivity index (χ4n) is 8.70. The van der Waals surface area contributed by atoms with Crippen LogP contribution < -0.4 is 0 Å². The number of benzene rings is 8. The van der Waals surface area contributed by atoms with Gasteiger partial charge in [0.15, 0.2) is 17.5 Å². The Morgan fingerprint density at radius 1 is 0.351 bits per heavy atom. The minimum absolute atomic E-state index is 0.592. The maximum atomic E-state index is 6.56. The van der Waals surface area contributed by atoms with Crippen LogP contribution in [0.15, 0.2) is 192 Å². The molecule has 0 fully saturated rings. The minimum atomic E-state index is 0.592. The number of hydrogen-bond donors (Lipinski definition) is 0. The Morgan fingerprint density at radius 2 is 0.965 bits per heavy atom. The van der Waals surface area contributed by atoms with Crippen molar-refractivity contribution in [3.05, 3.63) is 188 Å². The number of rotatable bonds is 5. The Morgan fingerprint density at radius 3 is 1.68 bits per heavy atom. The normalized spacial score (nSPS) is 11.9. The van der Waals surface area contributed by atoms with Gasteiger partial charge in [-0.2, -0.15) is 0 Å². The molecule has 0 saturated carbocycles. The van der Waals surface area contributed by atoms with Crippen molar-refractivity contribution < 1.29 is 4.42 Å². The van der Waals surface area contributed by atoms with Crippen molar-refractivity contribution in [3.63, 3.8) is 0 Å². The lowest BCUT2D eigenvalue weighted by Gasteiger charge is -2.10. The first-order valence-electron chi connectivity index (χ1n) is 19.1. The molecule has 0 unspecified atom stereocenters. The van der Waals surface area contributed by atoms with E-state index in [9.17, 15) is 0 Å². The minimum Gasteiger partial charge on any atom is -0.456 e. The van der Waals surface area contributed by atoms with Crippen LogP contribution in [0.5, 0.6) is 0 Å². The molecule has 6 heteroatoms. The van der Waals surface area contributed by atoms with Gasteiger partial charge in [-0.1, -0.05) is 133 Å². The summed E-state index contributed by atoms with van der Waals surface area (Å²) in [7, 11) is 0. The molecule has 12 rings (SSSR count). The molecule has 0 radical (unpaired) electrons. The summed E-state index contributed by atoms with van der Waals surface area (Å²) in [6, 6.07) is 65.5. The third kappa shape index (κ3) is 4.81. The summed E-state index contributed by atoms with van der Waals surface area (Å²) in [5.41, 5.74) is 11.1. The van der Waals surface area contributed by atoms with E-state index in [1.54, 1.807) is 0 Å². The molecule has 0 atom stereocenters. The average Bonchev–Trinajstić information content (AvgIpc) is 3.94. The summed E-state index contributed by atoms with van der Waals surface area (Å²) < 4.78 is 11.4. The van der Waals surface area contributed by atoms with Gasteiger partial charge in [0.25, 0.3) is 0 Å². The van der Waals surface area contributed by atoms with E-state index >= 15 is 0 Å². The molecule has 0 aliphatic rings. The number of hydrogen-bond acceptors (Lipinski definition) is 4. The van der Waals surface area contributed by atoms with Crippen LogP contribution in [-0.4, -0.2) is 24.1 Å². The molecule has 12 aromatic rings. The van der Waals surface area contributed by atoms with Crippen molar-refractivity contribution in [1.82, 2.24) is 24.1 Å². The molecule has 0 amide bonds. The van der Waals surface area contributed by atoms with E-state index in [1.165, 1.54) is 32.6 Å². The van der Waals surface area contributed by atoms with E-state index < -0.39 is 0 Å². The summed E-state index contributed by atoms with van der Waals surface area (Å²) in [6.45, 7) is 0. The molecule has 0 saturated heterocycles. The highest BCUT2D eigenvalue weighted by Crippen LogP contribution is 2.43. The second kappa shape index (κ2) is 12.3. The zero-order valence-corrected chi connectivity index (χ0v) is 30.5. The maximum absolute atomic E-state index is 6.56. The molecule has 8 aromatic carbocycles. The van der Waals surface area contributed by atoms with Crippen molar-refractivity contribution in [2.75, 3.05) is 0 Å². The number of nitrogens with zero attached hydrogens (tertiary/aromatic N) is 5. The first kappa shape index (κ1) is 31.5. The van der Waals surface area contributed by atoms with Crippen LogP contribution in [0.2, 0.25) is 0 Å². The predicted octanol–water partition coefficient (Wildman–Crippen LogP) is 13.0. The number of furan rings is 1. The summed E-state index contributed by atoms with van der Waals surface area (Å²) in [5, 5.41) is 6.83. The maximum Gasteiger partial charge on any atom is 0.164 e. The summed E-state index contributed by atoms with van der Waals surface area (Å²) in [5.74, 6) is 1.83. The van der Waals surface area contributed by atoms with Gasteiger partial charge in [0.2, 0.25) is 0 Å². The molecule has 266 valence electrons. The molecule has 0 spiro atoms. The highest BCUT2D eigenvalue weighted by molar-refractivity contribution is 6.26.